The van der Waals surface area contributed by atoms with Crippen LogP contribution < -0.4 is 10.6 Å². The lowest BCUT2D eigenvalue weighted by Crippen LogP contribution is -2.60. The van der Waals surface area contributed by atoms with Crippen LogP contribution in [0.25, 0.3) is 0 Å². The van der Waals surface area contributed by atoms with Gasteiger partial charge < -0.3 is 15.5 Å². The molecule has 0 unspecified atom stereocenters. The fourth-order valence-corrected chi connectivity index (χ4v) is 4.12. The fraction of sp³-hybridized carbons (Fsp3) is 0.400. The van der Waals surface area contributed by atoms with Gasteiger partial charge in [0.2, 0.25) is 11.8 Å². The Morgan fingerprint density at radius 1 is 1.09 bits per heavy atom. The molecule has 1 saturated heterocycles. The van der Waals surface area contributed by atoms with Crippen LogP contribution >= 0.6 is 0 Å². The van der Waals surface area contributed by atoms with Gasteiger partial charge in [-0.05, 0) is 56.3 Å². The van der Waals surface area contributed by atoms with Crippen LogP contribution in [0.15, 0.2) is 48.5 Å². The average molecular weight is 455 g/mol. The van der Waals surface area contributed by atoms with Crippen LogP contribution in [0, 0.1) is 5.82 Å². The largest absolute Gasteiger partial charge is 0.355 e. The second-order valence-electron chi connectivity index (χ2n) is 8.93. The number of amides is 3. The first-order valence-corrected chi connectivity index (χ1v) is 11.0. The van der Waals surface area contributed by atoms with E-state index in [1.54, 1.807) is 44.0 Å². The van der Waals surface area contributed by atoms with Crippen LogP contribution in [0.4, 0.5) is 4.39 Å². The van der Waals surface area contributed by atoms with Crippen molar-refractivity contribution in [3.8, 4) is 0 Å². The molecule has 2 aromatic rings. The maximum atomic E-state index is 13.4. The highest BCUT2D eigenvalue weighted by Crippen LogP contribution is 2.26. The molecule has 1 fully saturated rings. The molecule has 1 aliphatic rings. The van der Waals surface area contributed by atoms with Gasteiger partial charge in [-0.15, -0.1) is 0 Å². The molecule has 8 heteroatoms. The molecule has 33 heavy (non-hydrogen) atoms. The van der Waals surface area contributed by atoms with Gasteiger partial charge >= 0.3 is 0 Å². The Morgan fingerprint density at radius 3 is 2.52 bits per heavy atom. The minimum absolute atomic E-state index is 0.00782. The third-order valence-corrected chi connectivity index (χ3v) is 5.94. The van der Waals surface area contributed by atoms with Crippen LogP contribution in [0.2, 0.25) is 0 Å². The topological polar surface area (TPSA) is 81.8 Å². The molecule has 7 nitrogen and oxygen atoms in total. The Morgan fingerprint density at radius 2 is 1.82 bits per heavy atom. The Labute approximate surface area is 193 Å². The second kappa shape index (κ2) is 10.1. The number of benzene rings is 2. The zero-order valence-corrected chi connectivity index (χ0v) is 19.5. The van der Waals surface area contributed by atoms with Crippen molar-refractivity contribution in [3.05, 3.63) is 71.0 Å². The Bertz CT molecular complexity index is 1040. The smallest absolute Gasteiger partial charge is 0.251 e. The molecular weight excluding hydrogens is 423 g/mol. The van der Waals surface area contributed by atoms with Gasteiger partial charge in [0.1, 0.15) is 11.4 Å². The summed E-state index contributed by atoms with van der Waals surface area (Å²) in [6.07, 6.45) is -0.00782. The average Bonchev–Trinajstić information content (AvgIpc) is 2.78. The normalized spacial score (nSPS) is 16.9. The number of nitrogens with one attached hydrogen (secondary N) is 2. The molecule has 0 aliphatic carbocycles. The Kier molecular flexibility index (Phi) is 7.48. The summed E-state index contributed by atoms with van der Waals surface area (Å²) in [5.74, 6) is -1.09. The van der Waals surface area contributed by atoms with Crippen molar-refractivity contribution in [1.82, 2.24) is 20.4 Å². The van der Waals surface area contributed by atoms with E-state index in [9.17, 15) is 18.8 Å². The summed E-state index contributed by atoms with van der Waals surface area (Å²) >= 11 is 0. The zero-order chi connectivity index (χ0) is 24.2. The van der Waals surface area contributed by atoms with Crippen LogP contribution in [0.3, 0.4) is 0 Å². The molecule has 1 heterocycles. The number of halogens is 1. The van der Waals surface area contributed by atoms with E-state index in [2.05, 4.69) is 15.5 Å². The van der Waals surface area contributed by atoms with Crippen LogP contribution in [0.5, 0.6) is 0 Å². The number of rotatable bonds is 6. The molecule has 176 valence electrons. The maximum Gasteiger partial charge on any atom is 0.251 e. The van der Waals surface area contributed by atoms with Crippen molar-refractivity contribution in [2.45, 2.75) is 31.8 Å². The highest BCUT2D eigenvalue weighted by Gasteiger charge is 2.37. The van der Waals surface area contributed by atoms with Crippen molar-refractivity contribution in [3.63, 3.8) is 0 Å². The summed E-state index contributed by atoms with van der Waals surface area (Å²) in [5.41, 5.74) is 0.946. The van der Waals surface area contributed by atoms with E-state index in [1.165, 1.54) is 12.1 Å². The molecule has 0 bridgehead atoms. The monoisotopic (exact) mass is 454 g/mol. The van der Waals surface area contributed by atoms with Gasteiger partial charge in [0.15, 0.2) is 0 Å². The maximum absolute atomic E-state index is 13.4. The lowest BCUT2D eigenvalue weighted by molar-refractivity contribution is -0.142. The predicted molar refractivity (Wildman–Crippen MR) is 124 cm³/mol. The van der Waals surface area contributed by atoms with Crippen LogP contribution in [-0.2, 0) is 16.0 Å². The number of carbonyl (C=O) groups excluding carboxylic acids is 3. The van der Waals surface area contributed by atoms with E-state index in [4.69, 9.17) is 0 Å². The summed E-state index contributed by atoms with van der Waals surface area (Å²) in [6.45, 7) is 4.99. The Balaban J connectivity index is 1.69. The molecule has 0 saturated carbocycles. The van der Waals surface area contributed by atoms with E-state index in [0.717, 1.165) is 5.56 Å². The fourth-order valence-electron chi connectivity index (χ4n) is 4.12. The van der Waals surface area contributed by atoms with Crippen molar-refractivity contribution >= 4 is 17.7 Å². The molecule has 0 aromatic heterocycles. The summed E-state index contributed by atoms with van der Waals surface area (Å²) in [5, 5.41) is 5.43. The second-order valence-corrected chi connectivity index (χ2v) is 8.93. The summed E-state index contributed by atoms with van der Waals surface area (Å²) in [6, 6.07) is 13.2. The molecule has 0 radical (unpaired) electrons. The predicted octanol–water partition coefficient (Wildman–Crippen LogP) is 2.14. The van der Waals surface area contributed by atoms with E-state index in [0.29, 0.717) is 30.8 Å². The van der Waals surface area contributed by atoms with Gasteiger partial charge in [-0.1, -0.05) is 24.3 Å². The molecule has 1 aliphatic heterocycles. The molecule has 1 atom stereocenters. The zero-order valence-electron chi connectivity index (χ0n) is 19.5. The summed E-state index contributed by atoms with van der Waals surface area (Å²) < 4.78 is 13.4. The van der Waals surface area contributed by atoms with Crippen molar-refractivity contribution in [2.24, 2.45) is 0 Å². The minimum Gasteiger partial charge on any atom is -0.355 e. The quantitative estimate of drug-likeness (QED) is 0.701. The third kappa shape index (κ3) is 5.96. The highest BCUT2D eigenvalue weighted by atomic mass is 19.1. The number of piperazine rings is 1. The summed E-state index contributed by atoms with van der Waals surface area (Å²) in [4.78, 5) is 41.8. The standard InChI is InChI=1S/C25H31FN4O3/c1-25(2,28-22(31)14-17-7-5-10-20(26)13-17)24(33)30-12-11-29(4)21(16-30)18-8-6-9-19(15-18)23(32)27-3/h5-10,13,15,21H,11-12,14,16H2,1-4H3,(H,27,32)(H,28,31)/t21-/m1/s1. The highest BCUT2D eigenvalue weighted by molar-refractivity contribution is 5.94. The van der Waals surface area contributed by atoms with E-state index < -0.39 is 11.4 Å². The lowest BCUT2D eigenvalue weighted by Gasteiger charge is -2.42. The third-order valence-electron chi connectivity index (χ3n) is 5.94. The lowest BCUT2D eigenvalue weighted by atomic mass is 9.97. The number of hydrogen-bond acceptors (Lipinski definition) is 4. The molecule has 2 N–H and O–H groups in total. The summed E-state index contributed by atoms with van der Waals surface area (Å²) in [7, 11) is 3.58. The van der Waals surface area contributed by atoms with E-state index in [1.807, 2.05) is 25.2 Å². The van der Waals surface area contributed by atoms with Gasteiger partial charge in [-0.2, -0.15) is 0 Å². The molecule has 3 amide bonds. The number of carbonyl (C=O) groups is 3. The molecule has 3 rings (SSSR count). The van der Waals surface area contributed by atoms with Gasteiger partial charge in [-0.3, -0.25) is 19.3 Å². The SMILES string of the molecule is CNC(=O)c1cccc([C@H]2CN(C(=O)C(C)(C)NC(=O)Cc3cccc(F)c3)CCN2C)c1. The van der Waals surface area contributed by atoms with E-state index in [-0.39, 0.29) is 30.2 Å². The van der Waals surface area contributed by atoms with Crippen molar-refractivity contribution < 1.29 is 18.8 Å². The van der Waals surface area contributed by atoms with Gasteiger partial charge in [0.05, 0.1) is 12.5 Å². The minimum atomic E-state index is -1.12. The molecule has 2 aromatic carbocycles. The Hall–Kier alpha value is -3.26. The number of nitrogens with zero attached hydrogens (tertiary/aromatic N) is 2. The van der Waals surface area contributed by atoms with Crippen LogP contribution in [0.1, 0.15) is 41.4 Å². The first-order valence-electron chi connectivity index (χ1n) is 11.0. The number of likely N-dealkylation sites (N-methyl/N-ethyl adjacent to an activating group) is 1. The van der Waals surface area contributed by atoms with Gasteiger partial charge in [-0.25, -0.2) is 4.39 Å². The van der Waals surface area contributed by atoms with Crippen molar-refractivity contribution in [1.29, 1.82) is 0 Å². The first kappa shape index (κ1) is 24.4. The molecule has 0 spiro atoms. The van der Waals surface area contributed by atoms with Crippen LogP contribution in [-0.4, -0.2) is 66.8 Å². The van der Waals surface area contributed by atoms with Crippen molar-refractivity contribution in [2.75, 3.05) is 33.7 Å². The molecular formula is C25H31FN4O3. The van der Waals surface area contributed by atoms with Gasteiger partial charge in [0, 0.05) is 32.2 Å². The first-order chi connectivity index (χ1) is 15.6. The number of hydrogen-bond donors (Lipinski definition) is 2. The van der Waals surface area contributed by atoms with Gasteiger partial charge in [0.25, 0.3) is 5.91 Å². The van der Waals surface area contributed by atoms with E-state index >= 15 is 0 Å².